The zero-order valence-electron chi connectivity index (χ0n) is 19.0. The molecule has 10 heteroatoms. The zero-order chi connectivity index (χ0) is 23.5. The summed E-state index contributed by atoms with van der Waals surface area (Å²) < 4.78 is 41.8. The Morgan fingerprint density at radius 3 is 2.74 bits per heavy atom. The first-order valence-corrected chi connectivity index (χ1v) is 12.2. The Morgan fingerprint density at radius 1 is 1.15 bits per heavy atom. The van der Waals surface area contributed by atoms with Gasteiger partial charge in [-0.25, -0.2) is 5.01 Å². The van der Waals surface area contributed by atoms with Gasteiger partial charge >= 0.3 is 6.36 Å². The Hall–Kier alpha value is -2.14. The van der Waals surface area contributed by atoms with E-state index in [0.29, 0.717) is 31.4 Å². The van der Waals surface area contributed by atoms with Crippen molar-refractivity contribution in [1.29, 1.82) is 0 Å². The average Bonchev–Trinajstić information content (AvgIpc) is 3.38. The van der Waals surface area contributed by atoms with Crippen LogP contribution in [0.2, 0.25) is 0 Å². The van der Waals surface area contributed by atoms with E-state index in [0.717, 1.165) is 43.1 Å². The van der Waals surface area contributed by atoms with Gasteiger partial charge in [0.25, 0.3) is 5.91 Å². The highest BCUT2D eigenvalue weighted by molar-refractivity contribution is 5.98. The highest BCUT2D eigenvalue weighted by Crippen LogP contribution is 2.48. The molecule has 1 spiro atoms. The molecule has 4 aliphatic rings. The molecule has 1 saturated carbocycles. The predicted octanol–water partition coefficient (Wildman–Crippen LogP) is 2.96. The van der Waals surface area contributed by atoms with Crippen LogP contribution in [0.4, 0.5) is 13.2 Å². The van der Waals surface area contributed by atoms with Crippen molar-refractivity contribution in [2.75, 3.05) is 39.3 Å². The van der Waals surface area contributed by atoms with Crippen LogP contribution in [0.1, 0.15) is 36.2 Å². The van der Waals surface area contributed by atoms with Crippen molar-refractivity contribution in [3.05, 3.63) is 36.0 Å². The lowest BCUT2D eigenvalue weighted by Gasteiger charge is -2.38. The summed E-state index contributed by atoms with van der Waals surface area (Å²) >= 11 is 0. The number of amides is 1. The van der Waals surface area contributed by atoms with Gasteiger partial charge in [0.15, 0.2) is 0 Å². The first-order valence-electron chi connectivity index (χ1n) is 12.2. The summed E-state index contributed by atoms with van der Waals surface area (Å²) in [6, 6.07) is 10.2. The monoisotopic (exact) mass is 477 g/mol. The van der Waals surface area contributed by atoms with Gasteiger partial charge in [-0.3, -0.25) is 19.9 Å². The van der Waals surface area contributed by atoms with Crippen LogP contribution in [0, 0.1) is 5.92 Å². The number of nitrogens with one attached hydrogen (secondary N) is 2. The number of para-hydroxylation sites is 1. The predicted molar refractivity (Wildman–Crippen MR) is 120 cm³/mol. The number of rotatable bonds is 4. The smallest absolute Gasteiger partial charge is 0.351 e. The second kappa shape index (κ2) is 8.22. The maximum atomic E-state index is 13.3. The van der Waals surface area contributed by atoms with E-state index in [1.165, 1.54) is 0 Å². The molecule has 1 amide bonds. The molecule has 1 aliphatic carbocycles. The average molecular weight is 478 g/mol. The van der Waals surface area contributed by atoms with Gasteiger partial charge in [0.2, 0.25) is 0 Å². The molecule has 3 atom stereocenters. The number of hydrogen-bond donors (Lipinski definition) is 2. The first kappa shape index (κ1) is 22.3. The Labute approximate surface area is 196 Å². The summed E-state index contributed by atoms with van der Waals surface area (Å²) in [5, 5.41) is 3.32. The Balaban J connectivity index is 1.17. The second-order valence-electron chi connectivity index (χ2n) is 10.2. The van der Waals surface area contributed by atoms with Crippen LogP contribution in [-0.4, -0.2) is 89.0 Å². The lowest BCUT2D eigenvalue weighted by Crippen LogP contribution is -2.51. The van der Waals surface area contributed by atoms with Crippen molar-refractivity contribution in [2.45, 2.75) is 49.7 Å². The van der Waals surface area contributed by atoms with Crippen molar-refractivity contribution in [1.82, 2.24) is 25.2 Å². The number of aromatic amines is 1. The molecule has 4 heterocycles. The van der Waals surface area contributed by atoms with E-state index in [1.54, 1.807) is 0 Å². The molecule has 34 heavy (non-hydrogen) atoms. The molecule has 1 aromatic carbocycles. The molecule has 0 radical (unpaired) electrons. The van der Waals surface area contributed by atoms with Gasteiger partial charge in [-0.05, 0) is 37.8 Å². The fourth-order valence-corrected chi connectivity index (χ4v) is 6.30. The van der Waals surface area contributed by atoms with E-state index >= 15 is 0 Å². The molecule has 4 fully saturated rings. The molecule has 2 N–H and O–H groups in total. The van der Waals surface area contributed by atoms with Crippen molar-refractivity contribution >= 4 is 16.8 Å². The minimum Gasteiger partial charge on any atom is -0.351 e. The molecule has 3 saturated heterocycles. The summed E-state index contributed by atoms with van der Waals surface area (Å²) in [5.41, 5.74) is 5.23. The van der Waals surface area contributed by atoms with Crippen molar-refractivity contribution < 1.29 is 22.7 Å². The molecule has 2 aromatic rings. The van der Waals surface area contributed by atoms with E-state index in [2.05, 4.69) is 25.1 Å². The second-order valence-corrected chi connectivity index (χ2v) is 10.2. The number of H-pyrrole nitrogens is 1. The van der Waals surface area contributed by atoms with Crippen molar-refractivity contribution in [3.63, 3.8) is 0 Å². The fourth-order valence-electron chi connectivity index (χ4n) is 6.30. The normalized spacial score (nSPS) is 29.3. The number of hydrogen-bond acceptors (Lipinski definition) is 5. The van der Waals surface area contributed by atoms with Gasteiger partial charge < -0.3 is 9.88 Å². The number of aromatic nitrogens is 1. The number of alkyl halides is 3. The standard InChI is InChI=1S/C24H30F3N5O2/c25-24(26,27)34-12-11-31-15-21-17-14-30(22(33)20-13-16-3-1-2-4-18(16)28-20)9-5-19(17)29-32(21)10-8-23(31)6-7-23/h1-4,13,17,19,21,28-29H,5-12,14-15H2. The summed E-state index contributed by atoms with van der Waals surface area (Å²) in [5.74, 6) is 0.248. The Morgan fingerprint density at radius 2 is 1.97 bits per heavy atom. The molecule has 0 bridgehead atoms. The largest absolute Gasteiger partial charge is 0.522 e. The van der Waals surface area contributed by atoms with Crippen LogP contribution in [0.15, 0.2) is 30.3 Å². The van der Waals surface area contributed by atoms with E-state index in [9.17, 15) is 18.0 Å². The zero-order valence-corrected chi connectivity index (χ0v) is 19.0. The van der Waals surface area contributed by atoms with Gasteiger partial charge in [-0.2, -0.15) is 0 Å². The fraction of sp³-hybridized carbons (Fsp3) is 0.625. The van der Waals surface area contributed by atoms with Crippen LogP contribution in [0.5, 0.6) is 0 Å². The van der Waals surface area contributed by atoms with Crippen LogP contribution in [0.25, 0.3) is 10.9 Å². The number of likely N-dealkylation sites (tertiary alicyclic amines) is 1. The number of carbonyl (C=O) groups excluding carboxylic acids is 1. The lowest BCUT2D eigenvalue weighted by atomic mass is 9.87. The topological polar surface area (TPSA) is 63.8 Å². The van der Waals surface area contributed by atoms with E-state index in [-0.39, 0.29) is 36.6 Å². The number of nitrogens with zero attached hydrogens (tertiary/aromatic N) is 3. The number of piperidine rings is 1. The molecule has 7 nitrogen and oxygen atoms in total. The SMILES string of the molecule is O=C(c1cc2ccccc2[nH]1)N1CCC2NN3CCC4(CC4)N(CCOC(F)(F)F)CC3C2C1. The number of carbonyl (C=O) groups is 1. The Kier molecular flexibility index (Phi) is 5.40. The third kappa shape index (κ3) is 4.10. The number of benzene rings is 1. The molecule has 3 unspecified atom stereocenters. The van der Waals surface area contributed by atoms with Crippen molar-refractivity contribution in [2.24, 2.45) is 5.92 Å². The van der Waals surface area contributed by atoms with E-state index in [1.807, 2.05) is 35.2 Å². The summed E-state index contributed by atoms with van der Waals surface area (Å²) in [6.07, 6.45) is -0.732. The molecule has 184 valence electrons. The number of halogens is 3. The maximum Gasteiger partial charge on any atom is 0.522 e. The molecule has 1 aromatic heterocycles. The van der Waals surface area contributed by atoms with Crippen LogP contribution >= 0.6 is 0 Å². The summed E-state index contributed by atoms with van der Waals surface area (Å²) in [6.45, 7) is 2.85. The van der Waals surface area contributed by atoms with E-state index < -0.39 is 6.36 Å². The quantitative estimate of drug-likeness (QED) is 0.709. The molecule has 3 aliphatic heterocycles. The molecule has 6 rings (SSSR count). The lowest BCUT2D eigenvalue weighted by molar-refractivity contribution is -0.325. The van der Waals surface area contributed by atoms with Crippen LogP contribution < -0.4 is 5.43 Å². The van der Waals surface area contributed by atoms with E-state index in [4.69, 9.17) is 0 Å². The summed E-state index contributed by atoms with van der Waals surface area (Å²) in [4.78, 5) is 20.7. The first-order chi connectivity index (χ1) is 16.3. The number of hydrazine groups is 1. The van der Waals surface area contributed by atoms with Gasteiger partial charge in [-0.1, -0.05) is 18.2 Å². The van der Waals surface area contributed by atoms with Gasteiger partial charge in [0.1, 0.15) is 5.69 Å². The van der Waals surface area contributed by atoms with Crippen LogP contribution in [0.3, 0.4) is 0 Å². The van der Waals surface area contributed by atoms with Crippen molar-refractivity contribution in [3.8, 4) is 0 Å². The van der Waals surface area contributed by atoms with Gasteiger partial charge in [0.05, 0.1) is 6.61 Å². The van der Waals surface area contributed by atoms with Gasteiger partial charge in [-0.15, -0.1) is 13.2 Å². The third-order valence-electron chi connectivity index (χ3n) is 8.28. The maximum absolute atomic E-state index is 13.3. The molecular formula is C24H30F3N5O2. The summed E-state index contributed by atoms with van der Waals surface area (Å²) in [7, 11) is 0. The Bertz CT molecular complexity index is 1040. The highest BCUT2D eigenvalue weighted by atomic mass is 19.4. The minimum atomic E-state index is -4.60. The van der Waals surface area contributed by atoms with Gasteiger partial charge in [0, 0.05) is 67.2 Å². The highest BCUT2D eigenvalue weighted by Gasteiger charge is 2.54. The minimum absolute atomic E-state index is 0.00496. The number of fused-ring (bicyclic) bond motifs is 4. The number of ether oxygens (including phenoxy) is 1. The third-order valence-corrected chi connectivity index (χ3v) is 8.28. The molecular weight excluding hydrogens is 447 g/mol. The van der Waals surface area contributed by atoms with Crippen LogP contribution in [-0.2, 0) is 4.74 Å².